The molecule has 2 atom stereocenters. The third kappa shape index (κ3) is 2.38. The van der Waals surface area contributed by atoms with E-state index in [-0.39, 0.29) is 19.4 Å². The van der Waals surface area contributed by atoms with Crippen LogP contribution in [-0.4, -0.2) is 58.0 Å². The molecule has 0 unspecified atom stereocenters. The lowest BCUT2D eigenvalue weighted by Gasteiger charge is -2.41. The largest absolute Gasteiger partial charge is 0.479 e. The number of hydrogen-bond acceptors (Lipinski definition) is 5. The quantitative estimate of drug-likeness (QED) is 0.621. The lowest BCUT2D eigenvalue weighted by molar-refractivity contribution is -0.164. The van der Waals surface area contributed by atoms with Crippen molar-refractivity contribution in [3.8, 4) is 0 Å². The first kappa shape index (κ1) is 14.4. The summed E-state index contributed by atoms with van der Waals surface area (Å²) < 4.78 is 5.17. The molecule has 20 heavy (non-hydrogen) atoms. The van der Waals surface area contributed by atoms with Crippen molar-refractivity contribution in [3.63, 3.8) is 0 Å². The topological polar surface area (TPSA) is 113 Å². The summed E-state index contributed by atoms with van der Waals surface area (Å²) in [6, 6.07) is 0. The van der Waals surface area contributed by atoms with Crippen LogP contribution in [0.4, 0.5) is 0 Å². The number of carbonyl (C=O) groups is 4. The van der Waals surface area contributed by atoms with Crippen LogP contribution in [0.2, 0.25) is 0 Å². The van der Waals surface area contributed by atoms with Crippen LogP contribution in [-0.2, 0) is 23.9 Å². The molecule has 2 saturated heterocycles. The third-order valence-corrected chi connectivity index (χ3v) is 3.62. The minimum absolute atomic E-state index is 0.236. The van der Waals surface area contributed by atoms with Gasteiger partial charge in [0.05, 0.1) is 0 Å². The highest BCUT2D eigenvalue weighted by Crippen LogP contribution is 2.26. The van der Waals surface area contributed by atoms with Gasteiger partial charge >= 0.3 is 5.97 Å². The van der Waals surface area contributed by atoms with E-state index in [1.807, 2.05) is 0 Å². The fourth-order valence-electron chi connectivity index (χ4n) is 2.31. The van der Waals surface area contributed by atoms with Crippen molar-refractivity contribution in [2.75, 3.05) is 6.54 Å². The van der Waals surface area contributed by atoms with Gasteiger partial charge in [-0.2, -0.15) is 0 Å². The maximum Gasteiger partial charge on any atom is 0.332 e. The van der Waals surface area contributed by atoms with Crippen molar-refractivity contribution in [2.24, 2.45) is 0 Å². The van der Waals surface area contributed by atoms with Gasteiger partial charge in [0.2, 0.25) is 5.91 Å². The Balaban J connectivity index is 2.14. The summed E-state index contributed by atoms with van der Waals surface area (Å²) in [5.74, 6) is -2.76. The fraction of sp³-hybridized carbons (Fsp3) is 0.667. The third-order valence-electron chi connectivity index (χ3n) is 3.62. The number of nitrogens with one attached hydrogen (secondary N) is 1. The van der Waals surface area contributed by atoms with Crippen LogP contribution in [0.3, 0.4) is 0 Å². The Hall–Kier alpha value is -1.96. The Bertz CT molecular complexity index is 486. The molecule has 2 heterocycles. The van der Waals surface area contributed by atoms with Crippen molar-refractivity contribution in [3.05, 3.63) is 0 Å². The van der Waals surface area contributed by atoms with E-state index in [1.54, 1.807) is 0 Å². The van der Waals surface area contributed by atoms with Gasteiger partial charge in [-0.1, -0.05) is 0 Å². The van der Waals surface area contributed by atoms with Gasteiger partial charge in [-0.05, 0) is 26.7 Å². The first-order chi connectivity index (χ1) is 9.23. The highest BCUT2D eigenvalue weighted by atomic mass is 16.5. The molecule has 0 spiro atoms. The molecule has 0 aromatic rings. The number of carboxylic acid groups (broad SMARTS) is 1. The summed E-state index contributed by atoms with van der Waals surface area (Å²) in [5, 5.41) is 11.0. The lowest BCUT2D eigenvalue weighted by Crippen LogP contribution is -2.66. The van der Waals surface area contributed by atoms with Crippen LogP contribution in [0.15, 0.2) is 0 Å². The van der Waals surface area contributed by atoms with Crippen LogP contribution < -0.4 is 5.32 Å². The summed E-state index contributed by atoms with van der Waals surface area (Å²) in [4.78, 5) is 47.5. The van der Waals surface area contributed by atoms with E-state index in [9.17, 15) is 19.2 Å². The molecule has 0 saturated carbocycles. The van der Waals surface area contributed by atoms with Gasteiger partial charge in [0, 0.05) is 0 Å². The predicted octanol–water partition coefficient (Wildman–Crippen LogP) is -1.12. The van der Waals surface area contributed by atoms with Crippen molar-refractivity contribution in [2.45, 2.75) is 44.4 Å². The standard InChI is InChI=1S/C12H16N2O6/c1-12(2)11(19)13-8(15)5-14(12)9(16)6-3-4-7(20-6)10(17)18/h6-7H,3-5H2,1-2H3,(H,17,18)(H,13,15,19)/t6-,7+/m0/s1. The maximum absolute atomic E-state index is 12.4. The van der Waals surface area contributed by atoms with Crippen molar-refractivity contribution < 1.29 is 29.0 Å². The fourth-order valence-corrected chi connectivity index (χ4v) is 2.31. The van der Waals surface area contributed by atoms with Crippen LogP contribution in [0.1, 0.15) is 26.7 Å². The van der Waals surface area contributed by atoms with E-state index in [4.69, 9.17) is 9.84 Å². The molecule has 2 rings (SSSR count). The number of carboxylic acids is 1. The average molecular weight is 284 g/mol. The van der Waals surface area contributed by atoms with Gasteiger partial charge in [-0.15, -0.1) is 0 Å². The van der Waals surface area contributed by atoms with E-state index in [1.165, 1.54) is 13.8 Å². The number of piperazine rings is 1. The Morgan fingerprint density at radius 2 is 1.90 bits per heavy atom. The number of nitrogens with zero attached hydrogens (tertiary/aromatic N) is 1. The molecule has 8 nitrogen and oxygen atoms in total. The SMILES string of the molecule is CC1(C)C(=O)NC(=O)CN1C(=O)[C@@H]1CC[C@H](C(=O)O)O1. The summed E-state index contributed by atoms with van der Waals surface area (Å²) in [7, 11) is 0. The Labute approximate surface area is 115 Å². The molecule has 0 aliphatic carbocycles. The number of aliphatic carboxylic acids is 1. The molecule has 3 amide bonds. The maximum atomic E-state index is 12.4. The molecule has 8 heteroatoms. The molecule has 0 aromatic heterocycles. The van der Waals surface area contributed by atoms with E-state index in [2.05, 4.69) is 5.32 Å². The first-order valence-corrected chi connectivity index (χ1v) is 6.27. The molecule has 110 valence electrons. The number of hydrogen-bond donors (Lipinski definition) is 2. The highest BCUT2D eigenvalue weighted by Gasteiger charge is 2.47. The molecule has 2 N–H and O–H groups in total. The van der Waals surface area contributed by atoms with Crippen LogP contribution in [0.25, 0.3) is 0 Å². The number of rotatable bonds is 2. The Morgan fingerprint density at radius 1 is 1.30 bits per heavy atom. The normalized spacial score (nSPS) is 29.2. The van der Waals surface area contributed by atoms with Gasteiger partial charge in [0.15, 0.2) is 6.10 Å². The van der Waals surface area contributed by atoms with E-state index in [0.29, 0.717) is 0 Å². The average Bonchev–Trinajstić information content (AvgIpc) is 2.83. The second-order valence-electron chi connectivity index (χ2n) is 5.39. The molecule has 2 aliphatic rings. The molecule has 2 fully saturated rings. The second kappa shape index (κ2) is 4.86. The second-order valence-corrected chi connectivity index (χ2v) is 5.39. The Kier molecular flexibility index (Phi) is 3.51. The summed E-state index contributed by atoms with van der Waals surface area (Å²) in [5.41, 5.74) is -1.17. The summed E-state index contributed by atoms with van der Waals surface area (Å²) >= 11 is 0. The molecule has 0 aromatic carbocycles. The number of ether oxygens (including phenoxy) is 1. The zero-order valence-corrected chi connectivity index (χ0v) is 11.2. The summed E-state index contributed by atoms with van der Waals surface area (Å²) in [6.45, 7) is 2.81. The number of imide groups is 1. The van der Waals surface area contributed by atoms with Gasteiger partial charge in [0.1, 0.15) is 18.2 Å². The number of amides is 3. The molecular formula is C12H16N2O6. The van der Waals surface area contributed by atoms with E-state index < -0.39 is 41.4 Å². The van der Waals surface area contributed by atoms with E-state index in [0.717, 1.165) is 4.90 Å². The summed E-state index contributed by atoms with van der Waals surface area (Å²) in [6.07, 6.45) is -1.44. The van der Waals surface area contributed by atoms with E-state index >= 15 is 0 Å². The van der Waals surface area contributed by atoms with Gasteiger partial charge in [-0.3, -0.25) is 19.7 Å². The minimum Gasteiger partial charge on any atom is -0.479 e. The van der Waals surface area contributed by atoms with Gasteiger partial charge < -0.3 is 14.7 Å². The van der Waals surface area contributed by atoms with Crippen LogP contribution in [0, 0.1) is 0 Å². The molecular weight excluding hydrogens is 268 g/mol. The molecule has 0 bridgehead atoms. The highest BCUT2D eigenvalue weighted by molar-refractivity contribution is 6.06. The molecule has 2 aliphatic heterocycles. The van der Waals surface area contributed by atoms with Crippen molar-refractivity contribution in [1.82, 2.24) is 10.2 Å². The van der Waals surface area contributed by atoms with Crippen LogP contribution in [0.5, 0.6) is 0 Å². The predicted molar refractivity (Wildman–Crippen MR) is 64.5 cm³/mol. The van der Waals surface area contributed by atoms with Crippen LogP contribution >= 0.6 is 0 Å². The first-order valence-electron chi connectivity index (χ1n) is 6.27. The zero-order chi connectivity index (χ0) is 15.1. The number of carbonyl (C=O) groups excluding carboxylic acids is 3. The Morgan fingerprint density at radius 3 is 2.45 bits per heavy atom. The van der Waals surface area contributed by atoms with Gasteiger partial charge in [0.25, 0.3) is 11.8 Å². The van der Waals surface area contributed by atoms with Gasteiger partial charge in [-0.25, -0.2) is 4.79 Å². The molecule has 0 radical (unpaired) electrons. The monoisotopic (exact) mass is 284 g/mol. The zero-order valence-electron chi connectivity index (χ0n) is 11.2. The minimum atomic E-state index is -1.17. The van der Waals surface area contributed by atoms with Crippen molar-refractivity contribution >= 4 is 23.7 Å². The lowest BCUT2D eigenvalue weighted by atomic mass is 9.97. The van der Waals surface area contributed by atoms with Crippen molar-refractivity contribution in [1.29, 1.82) is 0 Å². The smallest absolute Gasteiger partial charge is 0.332 e.